The molecule has 4 rings (SSSR count). The molecular formula is C25H27N3O2. The van der Waals surface area contributed by atoms with Gasteiger partial charge in [-0.25, -0.2) is 0 Å². The predicted molar refractivity (Wildman–Crippen MR) is 122 cm³/mol. The first-order valence-electron chi connectivity index (χ1n) is 10.6. The van der Waals surface area contributed by atoms with Crippen LogP contribution in [0.5, 0.6) is 0 Å². The van der Waals surface area contributed by atoms with Gasteiger partial charge in [0.15, 0.2) is 0 Å². The number of benzene rings is 3. The molecule has 3 aromatic carbocycles. The maximum Gasteiger partial charge on any atom is 0.256 e. The summed E-state index contributed by atoms with van der Waals surface area (Å²) in [6, 6.07) is 21.6. The van der Waals surface area contributed by atoms with Crippen LogP contribution in [-0.2, 0) is 4.79 Å². The minimum absolute atomic E-state index is 0.109. The second-order valence-corrected chi connectivity index (χ2v) is 7.65. The topological polar surface area (TPSA) is 52.7 Å². The van der Waals surface area contributed by atoms with E-state index in [4.69, 9.17) is 0 Å². The summed E-state index contributed by atoms with van der Waals surface area (Å²) < 4.78 is 0. The molecule has 1 N–H and O–H groups in total. The SMILES string of the molecule is CCCC(=O)N1CCN(c2ccc(NC(=O)c3cccc4ccccc34)cc2)CC1. The average Bonchev–Trinajstić information content (AvgIpc) is 2.79. The molecule has 0 aromatic heterocycles. The van der Waals surface area contributed by atoms with Crippen molar-refractivity contribution in [2.45, 2.75) is 19.8 Å². The second kappa shape index (κ2) is 8.99. The minimum atomic E-state index is -0.109. The highest BCUT2D eigenvalue weighted by Gasteiger charge is 2.20. The van der Waals surface area contributed by atoms with Crippen molar-refractivity contribution in [2.75, 3.05) is 36.4 Å². The van der Waals surface area contributed by atoms with Crippen LogP contribution in [0.4, 0.5) is 11.4 Å². The molecule has 0 radical (unpaired) electrons. The molecule has 5 nitrogen and oxygen atoms in total. The molecule has 30 heavy (non-hydrogen) atoms. The molecule has 0 aliphatic carbocycles. The van der Waals surface area contributed by atoms with Gasteiger partial charge in [-0.1, -0.05) is 43.3 Å². The Hall–Kier alpha value is -3.34. The molecule has 3 aromatic rings. The van der Waals surface area contributed by atoms with Crippen molar-refractivity contribution < 1.29 is 9.59 Å². The Labute approximate surface area is 177 Å². The summed E-state index contributed by atoms with van der Waals surface area (Å²) in [7, 11) is 0. The van der Waals surface area contributed by atoms with E-state index in [0.29, 0.717) is 12.0 Å². The first-order valence-corrected chi connectivity index (χ1v) is 10.6. The molecule has 1 saturated heterocycles. The summed E-state index contributed by atoms with van der Waals surface area (Å²) in [6.45, 7) is 5.22. The van der Waals surface area contributed by atoms with Crippen LogP contribution in [0.1, 0.15) is 30.1 Å². The van der Waals surface area contributed by atoms with Crippen LogP contribution in [0.2, 0.25) is 0 Å². The number of hydrogen-bond acceptors (Lipinski definition) is 3. The molecular weight excluding hydrogens is 374 g/mol. The number of hydrogen-bond donors (Lipinski definition) is 1. The molecule has 0 spiro atoms. The molecule has 5 heteroatoms. The van der Waals surface area contributed by atoms with Crippen LogP contribution < -0.4 is 10.2 Å². The number of nitrogens with zero attached hydrogens (tertiary/aromatic N) is 2. The van der Waals surface area contributed by atoms with Crippen molar-refractivity contribution in [1.82, 2.24) is 4.90 Å². The Morgan fingerprint density at radius 2 is 1.57 bits per heavy atom. The van der Waals surface area contributed by atoms with Gasteiger partial charge in [-0.05, 0) is 47.5 Å². The van der Waals surface area contributed by atoms with Crippen LogP contribution in [0.25, 0.3) is 10.8 Å². The average molecular weight is 402 g/mol. The third-order valence-corrected chi connectivity index (χ3v) is 5.62. The summed E-state index contributed by atoms with van der Waals surface area (Å²) in [6.07, 6.45) is 1.52. The Morgan fingerprint density at radius 3 is 2.30 bits per heavy atom. The number of anilines is 2. The number of rotatable bonds is 5. The van der Waals surface area contributed by atoms with E-state index in [1.807, 2.05) is 78.6 Å². The van der Waals surface area contributed by atoms with Crippen molar-refractivity contribution in [1.29, 1.82) is 0 Å². The zero-order valence-corrected chi connectivity index (χ0v) is 17.3. The molecule has 0 bridgehead atoms. The van der Waals surface area contributed by atoms with Crippen molar-refractivity contribution in [3.05, 3.63) is 72.3 Å². The van der Waals surface area contributed by atoms with E-state index in [9.17, 15) is 9.59 Å². The van der Waals surface area contributed by atoms with Crippen LogP contribution in [0, 0.1) is 0 Å². The summed E-state index contributed by atoms with van der Waals surface area (Å²) in [5.74, 6) is 0.145. The first-order chi connectivity index (χ1) is 14.7. The normalized spacial score (nSPS) is 14.0. The summed E-state index contributed by atoms with van der Waals surface area (Å²) in [4.78, 5) is 29.1. The highest BCUT2D eigenvalue weighted by Crippen LogP contribution is 2.22. The molecule has 0 unspecified atom stereocenters. The number of piperazine rings is 1. The first kappa shape index (κ1) is 20.0. The smallest absolute Gasteiger partial charge is 0.256 e. The predicted octanol–water partition coefficient (Wildman–Crippen LogP) is 4.54. The number of carbonyl (C=O) groups is 2. The van der Waals surface area contributed by atoms with Gasteiger partial charge >= 0.3 is 0 Å². The van der Waals surface area contributed by atoms with Gasteiger partial charge in [0.1, 0.15) is 0 Å². The van der Waals surface area contributed by atoms with Crippen molar-refractivity contribution in [3.8, 4) is 0 Å². The van der Waals surface area contributed by atoms with Gasteiger partial charge in [0.05, 0.1) is 0 Å². The lowest BCUT2D eigenvalue weighted by Crippen LogP contribution is -2.48. The number of nitrogens with one attached hydrogen (secondary N) is 1. The van der Waals surface area contributed by atoms with Crippen molar-refractivity contribution in [2.24, 2.45) is 0 Å². The van der Waals surface area contributed by atoms with Crippen molar-refractivity contribution >= 4 is 34.0 Å². The van der Waals surface area contributed by atoms with Gasteiger partial charge in [-0.3, -0.25) is 9.59 Å². The van der Waals surface area contributed by atoms with Gasteiger partial charge in [0, 0.05) is 49.5 Å². The molecule has 1 heterocycles. The Bertz CT molecular complexity index is 1030. The highest BCUT2D eigenvalue weighted by molar-refractivity contribution is 6.12. The molecule has 2 amide bonds. The second-order valence-electron chi connectivity index (χ2n) is 7.65. The van der Waals surface area contributed by atoms with E-state index in [1.54, 1.807) is 0 Å². The van der Waals surface area contributed by atoms with E-state index < -0.39 is 0 Å². The molecule has 1 fully saturated rings. The van der Waals surface area contributed by atoms with Crippen LogP contribution in [0.15, 0.2) is 66.7 Å². The standard InChI is InChI=1S/C25H27N3O2/c1-2-6-24(29)28-17-15-27(16-18-28)21-13-11-20(12-14-21)26-25(30)23-10-5-8-19-7-3-4-9-22(19)23/h3-5,7-14H,2,6,15-18H2,1H3,(H,26,30). The van der Waals surface area contributed by atoms with Crippen LogP contribution in [0.3, 0.4) is 0 Å². The van der Waals surface area contributed by atoms with E-state index in [0.717, 1.165) is 54.7 Å². The Kier molecular flexibility index (Phi) is 5.98. The van der Waals surface area contributed by atoms with Gasteiger partial charge in [-0.2, -0.15) is 0 Å². The number of amides is 2. The largest absolute Gasteiger partial charge is 0.368 e. The van der Waals surface area contributed by atoms with E-state index in [1.165, 1.54) is 0 Å². The van der Waals surface area contributed by atoms with E-state index >= 15 is 0 Å². The molecule has 1 aliphatic heterocycles. The molecule has 0 saturated carbocycles. The number of carbonyl (C=O) groups excluding carboxylic acids is 2. The van der Waals surface area contributed by atoms with Gasteiger partial charge in [0.25, 0.3) is 5.91 Å². The van der Waals surface area contributed by atoms with Crippen molar-refractivity contribution in [3.63, 3.8) is 0 Å². The van der Waals surface area contributed by atoms with Gasteiger partial charge in [-0.15, -0.1) is 0 Å². The number of fused-ring (bicyclic) bond motifs is 1. The Balaban J connectivity index is 1.39. The van der Waals surface area contributed by atoms with Crippen LogP contribution in [-0.4, -0.2) is 42.9 Å². The molecule has 0 atom stereocenters. The molecule has 1 aliphatic rings. The summed E-state index contributed by atoms with van der Waals surface area (Å²) in [5, 5.41) is 5.01. The fourth-order valence-corrected chi connectivity index (χ4v) is 3.96. The summed E-state index contributed by atoms with van der Waals surface area (Å²) >= 11 is 0. The van der Waals surface area contributed by atoms with Crippen LogP contribution >= 0.6 is 0 Å². The highest BCUT2D eigenvalue weighted by atomic mass is 16.2. The zero-order chi connectivity index (χ0) is 20.9. The fourth-order valence-electron chi connectivity index (χ4n) is 3.96. The third-order valence-electron chi connectivity index (χ3n) is 5.62. The lowest BCUT2D eigenvalue weighted by Gasteiger charge is -2.36. The molecule has 154 valence electrons. The maximum absolute atomic E-state index is 12.8. The minimum Gasteiger partial charge on any atom is -0.368 e. The quantitative estimate of drug-likeness (QED) is 0.683. The maximum atomic E-state index is 12.8. The monoisotopic (exact) mass is 401 g/mol. The van der Waals surface area contributed by atoms with Gasteiger partial charge < -0.3 is 15.1 Å². The zero-order valence-electron chi connectivity index (χ0n) is 17.3. The van der Waals surface area contributed by atoms with E-state index in [-0.39, 0.29) is 11.8 Å². The lowest BCUT2D eigenvalue weighted by molar-refractivity contribution is -0.131. The third kappa shape index (κ3) is 4.30. The van der Waals surface area contributed by atoms with Gasteiger partial charge in [0.2, 0.25) is 5.91 Å². The Morgan fingerprint density at radius 1 is 0.867 bits per heavy atom. The summed E-state index contributed by atoms with van der Waals surface area (Å²) in [5.41, 5.74) is 2.55. The van der Waals surface area contributed by atoms with E-state index in [2.05, 4.69) is 10.2 Å². The fraction of sp³-hybridized carbons (Fsp3) is 0.280. The lowest BCUT2D eigenvalue weighted by atomic mass is 10.0.